The van der Waals surface area contributed by atoms with Gasteiger partial charge in [0.15, 0.2) is 0 Å². The van der Waals surface area contributed by atoms with Crippen LogP contribution < -0.4 is 5.32 Å². The number of amides is 1. The van der Waals surface area contributed by atoms with Crippen molar-refractivity contribution < 1.29 is 4.79 Å². The van der Waals surface area contributed by atoms with E-state index in [0.29, 0.717) is 6.54 Å². The van der Waals surface area contributed by atoms with Crippen molar-refractivity contribution in [2.75, 3.05) is 20.1 Å². The first-order valence-electron chi connectivity index (χ1n) is 3.67. The summed E-state index contributed by atoms with van der Waals surface area (Å²) in [6.07, 6.45) is 5.92. The van der Waals surface area contributed by atoms with Gasteiger partial charge in [-0.15, -0.1) is 6.42 Å². The second-order valence-corrected chi connectivity index (χ2v) is 2.69. The van der Waals surface area contributed by atoms with Crippen molar-refractivity contribution in [1.82, 2.24) is 10.2 Å². The molecule has 1 rings (SSSR count). The molecular formula is C8H12N2O. The average Bonchev–Trinajstić information content (AvgIpc) is 2.31. The third-order valence-corrected chi connectivity index (χ3v) is 1.88. The van der Waals surface area contributed by atoms with E-state index in [0.717, 1.165) is 13.0 Å². The monoisotopic (exact) mass is 152 g/mol. The predicted octanol–water partition coefficient (Wildman–Crippen LogP) is -0.560. The number of hydrogen-bond donors (Lipinski definition) is 1. The Bertz CT molecular complexity index is 195. The minimum atomic E-state index is -0.0453. The molecule has 0 radical (unpaired) electrons. The van der Waals surface area contributed by atoms with Crippen LogP contribution in [0.4, 0.5) is 0 Å². The van der Waals surface area contributed by atoms with Crippen molar-refractivity contribution in [3.05, 3.63) is 0 Å². The molecule has 0 aromatic rings. The molecule has 60 valence electrons. The molecule has 1 fully saturated rings. The van der Waals surface area contributed by atoms with Crippen molar-refractivity contribution in [2.24, 2.45) is 0 Å². The number of terminal acetylenes is 1. The van der Waals surface area contributed by atoms with Gasteiger partial charge in [0.05, 0.1) is 12.6 Å². The second-order valence-electron chi connectivity index (χ2n) is 2.69. The first-order valence-corrected chi connectivity index (χ1v) is 3.67. The first kappa shape index (κ1) is 8.09. The summed E-state index contributed by atoms with van der Waals surface area (Å²) in [6.45, 7) is 1.31. The molecular weight excluding hydrogens is 140 g/mol. The van der Waals surface area contributed by atoms with E-state index in [-0.39, 0.29) is 11.9 Å². The molecule has 1 aliphatic heterocycles. The van der Waals surface area contributed by atoms with E-state index in [1.165, 1.54) is 0 Å². The molecule has 0 spiro atoms. The molecule has 0 bridgehead atoms. The lowest BCUT2D eigenvalue weighted by molar-refractivity contribution is -0.128. The van der Waals surface area contributed by atoms with Gasteiger partial charge in [-0.2, -0.15) is 0 Å². The van der Waals surface area contributed by atoms with Crippen LogP contribution in [-0.2, 0) is 4.79 Å². The number of nitrogens with zero attached hydrogens (tertiary/aromatic N) is 1. The van der Waals surface area contributed by atoms with Gasteiger partial charge in [-0.25, -0.2) is 0 Å². The Kier molecular flexibility index (Phi) is 2.50. The molecule has 3 heteroatoms. The molecule has 11 heavy (non-hydrogen) atoms. The van der Waals surface area contributed by atoms with Crippen LogP contribution in [0.3, 0.4) is 0 Å². The summed E-state index contributed by atoms with van der Waals surface area (Å²) in [7, 11) is 1.81. The Hall–Kier alpha value is -1.01. The second kappa shape index (κ2) is 3.40. The van der Waals surface area contributed by atoms with Gasteiger partial charge in [-0.1, -0.05) is 5.92 Å². The molecule has 0 aliphatic carbocycles. The number of rotatable bonds is 2. The van der Waals surface area contributed by atoms with Gasteiger partial charge in [0.2, 0.25) is 5.91 Å². The predicted molar refractivity (Wildman–Crippen MR) is 42.9 cm³/mol. The van der Waals surface area contributed by atoms with Crippen LogP contribution in [0, 0.1) is 12.3 Å². The molecule has 1 aliphatic rings. The molecule has 3 nitrogen and oxygen atoms in total. The van der Waals surface area contributed by atoms with E-state index in [9.17, 15) is 4.79 Å². The van der Waals surface area contributed by atoms with Crippen molar-refractivity contribution in [3.63, 3.8) is 0 Å². The van der Waals surface area contributed by atoms with Crippen LogP contribution in [0.1, 0.15) is 6.42 Å². The Balaban J connectivity index is 2.38. The van der Waals surface area contributed by atoms with Gasteiger partial charge >= 0.3 is 0 Å². The molecule has 0 aromatic carbocycles. The fraction of sp³-hybridized carbons (Fsp3) is 0.625. The quantitative estimate of drug-likeness (QED) is 0.538. The maximum atomic E-state index is 11.2. The largest absolute Gasteiger partial charge is 0.344 e. The molecule has 1 amide bonds. The van der Waals surface area contributed by atoms with Crippen LogP contribution in [-0.4, -0.2) is 37.0 Å². The number of carbonyl (C=O) groups is 1. The van der Waals surface area contributed by atoms with Crippen molar-refractivity contribution in [3.8, 4) is 12.3 Å². The molecule has 1 saturated heterocycles. The smallest absolute Gasteiger partial charge is 0.239 e. The summed E-state index contributed by atoms with van der Waals surface area (Å²) >= 11 is 0. The van der Waals surface area contributed by atoms with Crippen LogP contribution in [0.5, 0.6) is 0 Å². The van der Waals surface area contributed by atoms with Crippen molar-refractivity contribution in [2.45, 2.75) is 12.5 Å². The van der Waals surface area contributed by atoms with Gasteiger partial charge in [0.25, 0.3) is 0 Å². The van der Waals surface area contributed by atoms with Crippen LogP contribution in [0.2, 0.25) is 0 Å². The Morgan fingerprint density at radius 2 is 2.64 bits per heavy atom. The number of hydrogen-bond acceptors (Lipinski definition) is 2. The summed E-state index contributed by atoms with van der Waals surface area (Å²) in [4.78, 5) is 12.9. The van der Waals surface area contributed by atoms with E-state index in [1.54, 1.807) is 11.9 Å². The SMILES string of the molecule is C#CCNC1CCN(C)C1=O. The fourth-order valence-corrected chi connectivity index (χ4v) is 1.19. The van der Waals surface area contributed by atoms with E-state index >= 15 is 0 Å². The fourth-order valence-electron chi connectivity index (χ4n) is 1.19. The van der Waals surface area contributed by atoms with E-state index in [1.807, 2.05) is 0 Å². The van der Waals surface area contributed by atoms with Gasteiger partial charge in [-0.05, 0) is 6.42 Å². The molecule has 1 heterocycles. The topological polar surface area (TPSA) is 32.3 Å². The molecule has 1 atom stereocenters. The lowest BCUT2D eigenvalue weighted by atomic mass is 10.2. The highest BCUT2D eigenvalue weighted by atomic mass is 16.2. The third kappa shape index (κ3) is 1.72. The van der Waals surface area contributed by atoms with Crippen LogP contribution in [0.25, 0.3) is 0 Å². The minimum Gasteiger partial charge on any atom is -0.344 e. The van der Waals surface area contributed by atoms with Gasteiger partial charge in [0, 0.05) is 13.6 Å². The Morgan fingerprint density at radius 3 is 3.09 bits per heavy atom. The zero-order chi connectivity index (χ0) is 8.27. The van der Waals surface area contributed by atoms with Crippen molar-refractivity contribution in [1.29, 1.82) is 0 Å². The summed E-state index contributed by atoms with van der Waals surface area (Å²) in [6, 6.07) is -0.0453. The normalized spacial score (nSPS) is 23.8. The lowest BCUT2D eigenvalue weighted by Crippen LogP contribution is -2.36. The van der Waals surface area contributed by atoms with Crippen molar-refractivity contribution >= 4 is 5.91 Å². The number of likely N-dealkylation sites (tertiary alicyclic amines) is 1. The Labute approximate surface area is 66.8 Å². The lowest BCUT2D eigenvalue weighted by Gasteiger charge is -2.09. The summed E-state index contributed by atoms with van der Waals surface area (Å²) in [5.74, 6) is 2.60. The van der Waals surface area contributed by atoms with E-state index in [4.69, 9.17) is 6.42 Å². The molecule has 0 aromatic heterocycles. The number of likely N-dealkylation sites (N-methyl/N-ethyl adjacent to an activating group) is 1. The standard InChI is InChI=1S/C8H12N2O/c1-3-5-9-7-4-6-10(2)8(7)11/h1,7,9H,4-6H2,2H3. The highest BCUT2D eigenvalue weighted by molar-refractivity contribution is 5.83. The highest BCUT2D eigenvalue weighted by Crippen LogP contribution is 2.07. The molecule has 1 N–H and O–H groups in total. The first-order chi connectivity index (χ1) is 5.25. The third-order valence-electron chi connectivity index (χ3n) is 1.88. The summed E-state index contributed by atoms with van der Waals surface area (Å²) < 4.78 is 0. The van der Waals surface area contributed by atoms with Gasteiger partial charge in [0.1, 0.15) is 0 Å². The van der Waals surface area contributed by atoms with E-state index < -0.39 is 0 Å². The zero-order valence-electron chi connectivity index (χ0n) is 6.63. The van der Waals surface area contributed by atoms with E-state index in [2.05, 4.69) is 11.2 Å². The average molecular weight is 152 g/mol. The van der Waals surface area contributed by atoms with Gasteiger partial charge in [-0.3, -0.25) is 10.1 Å². The Morgan fingerprint density at radius 1 is 1.91 bits per heavy atom. The number of nitrogens with one attached hydrogen (secondary N) is 1. The van der Waals surface area contributed by atoms with Crippen LogP contribution >= 0.6 is 0 Å². The summed E-state index contributed by atoms with van der Waals surface area (Å²) in [5, 5.41) is 2.98. The zero-order valence-corrected chi connectivity index (χ0v) is 6.63. The molecule has 0 saturated carbocycles. The maximum Gasteiger partial charge on any atom is 0.239 e. The maximum absolute atomic E-state index is 11.2. The number of carbonyl (C=O) groups excluding carboxylic acids is 1. The van der Waals surface area contributed by atoms with Gasteiger partial charge < -0.3 is 4.90 Å². The van der Waals surface area contributed by atoms with Crippen LogP contribution in [0.15, 0.2) is 0 Å². The summed E-state index contributed by atoms with van der Waals surface area (Å²) in [5.41, 5.74) is 0. The minimum absolute atomic E-state index is 0.0453. The molecule has 1 unspecified atom stereocenters. The highest BCUT2D eigenvalue weighted by Gasteiger charge is 2.27.